The van der Waals surface area contributed by atoms with Crippen LogP contribution in [0.1, 0.15) is 9.67 Å². The molecule has 0 radical (unpaired) electrons. The van der Waals surface area contributed by atoms with Crippen molar-refractivity contribution in [2.75, 3.05) is 0 Å². The van der Waals surface area contributed by atoms with E-state index in [0.29, 0.717) is 15.8 Å². The van der Waals surface area contributed by atoms with E-state index < -0.39 is 4.92 Å². The van der Waals surface area contributed by atoms with Gasteiger partial charge in [-0.3, -0.25) is 14.9 Å². The zero-order chi connectivity index (χ0) is 14.1. The summed E-state index contributed by atoms with van der Waals surface area (Å²) in [6.45, 7) is 0.186. The Hall–Kier alpha value is -2.47. The predicted octanol–water partition coefficient (Wildman–Crippen LogP) is 3.49. The quantitative estimate of drug-likeness (QED) is 0.419. The molecule has 0 bridgehead atoms. The van der Waals surface area contributed by atoms with Crippen LogP contribution in [0.3, 0.4) is 0 Å². The van der Waals surface area contributed by atoms with Crippen molar-refractivity contribution in [3.05, 3.63) is 63.0 Å². The summed E-state index contributed by atoms with van der Waals surface area (Å²) in [5, 5.41) is 13.4. The molecule has 0 aliphatic carbocycles. The van der Waals surface area contributed by atoms with Crippen LogP contribution < -0.4 is 0 Å². The second-order valence-electron chi connectivity index (χ2n) is 4.31. The number of nitro groups is 1. The highest BCUT2D eigenvalue weighted by Gasteiger charge is 2.15. The molecule has 2 aromatic heterocycles. The molecule has 2 heterocycles. The van der Waals surface area contributed by atoms with E-state index >= 15 is 0 Å². The number of nitrogens with zero attached hydrogens (tertiary/aromatic N) is 2. The number of Topliss-reactive ketones (excluding diaryl/α,β-unsaturated/α-hetero) is 1. The van der Waals surface area contributed by atoms with E-state index in [0.717, 1.165) is 0 Å². The Bertz CT molecular complexity index is 790. The second-order valence-corrected chi connectivity index (χ2v) is 5.26. The highest BCUT2D eigenvalue weighted by atomic mass is 32.1. The van der Waals surface area contributed by atoms with E-state index in [9.17, 15) is 14.9 Å². The third-order valence-electron chi connectivity index (χ3n) is 3.10. The number of non-ortho nitro benzene ring substituents is 1. The number of thiophene rings is 1. The van der Waals surface area contributed by atoms with Gasteiger partial charge in [0.05, 0.1) is 27.2 Å². The Morgan fingerprint density at radius 2 is 2.10 bits per heavy atom. The number of aromatic nitrogens is 1. The first-order valence-electron chi connectivity index (χ1n) is 5.96. The molecule has 0 aliphatic heterocycles. The van der Waals surface area contributed by atoms with Crippen molar-refractivity contribution in [3.8, 4) is 0 Å². The van der Waals surface area contributed by atoms with Crippen molar-refractivity contribution in [1.82, 2.24) is 4.57 Å². The van der Waals surface area contributed by atoms with Gasteiger partial charge in [-0.15, -0.1) is 11.3 Å². The van der Waals surface area contributed by atoms with Crippen molar-refractivity contribution >= 4 is 33.7 Å². The Morgan fingerprint density at radius 3 is 2.80 bits per heavy atom. The molecule has 100 valence electrons. The summed E-state index contributed by atoms with van der Waals surface area (Å²) >= 11 is 1.40. The Morgan fingerprint density at radius 1 is 1.25 bits per heavy atom. The molecule has 20 heavy (non-hydrogen) atoms. The largest absolute Gasteiger partial charge is 0.339 e. The lowest BCUT2D eigenvalue weighted by atomic mass is 10.2. The van der Waals surface area contributed by atoms with E-state index in [1.165, 1.54) is 17.4 Å². The number of benzene rings is 1. The highest BCUT2D eigenvalue weighted by molar-refractivity contribution is 7.12. The minimum absolute atomic E-state index is 0.00371. The SMILES string of the molecule is O=C(Cn1ccc2c([N+](=O)[O-])cccc21)c1cccs1. The number of rotatable bonds is 4. The third kappa shape index (κ3) is 2.10. The van der Waals surface area contributed by atoms with Gasteiger partial charge in [0, 0.05) is 12.3 Å². The number of fused-ring (bicyclic) bond motifs is 1. The maximum atomic E-state index is 12.1. The van der Waals surface area contributed by atoms with Gasteiger partial charge < -0.3 is 4.57 Å². The van der Waals surface area contributed by atoms with E-state index in [4.69, 9.17) is 0 Å². The first-order chi connectivity index (χ1) is 9.66. The van der Waals surface area contributed by atoms with E-state index in [2.05, 4.69) is 0 Å². The van der Waals surface area contributed by atoms with E-state index in [1.807, 2.05) is 11.4 Å². The van der Waals surface area contributed by atoms with Crippen molar-refractivity contribution in [1.29, 1.82) is 0 Å². The number of carbonyl (C=O) groups excluding carboxylic acids is 1. The fourth-order valence-corrected chi connectivity index (χ4v) is 2.83. The van der Waals surface area contributed by atoms with Crippen molar-refractivity contribution in [3.63, 3.8) is 0 Å². The maximum Gasteiger partial charge on any atom is 0.278 e. The minimum Gasteiger partial charge on any atom is -0.339 e. The molecular weight excluding hydrogens is 276 g/mol. The minimum atomic E-state index is -0.409. The number of hydrogen-bond acceptors (Lipinski definition) is 4. The summed E-state index contributed by atoms with van der Waals surface area (Å²) in [4.78, 5) is 23.3. The summed E-state index contributed by atoms with van der Waals surface area (Å²) in [7, 11) is 0. The maximum absolute atomic E-state index is 12.1. The van der Waals surface area contributed by atoms with Crippen molar-refractivity contribution in [2.24, 2.45) is 0 Å². The van der Waals surface area contributed by atoms with Gasteiger partial charge in [0.1, 0.15) is 0 Å². The first-order valence-corrected chi connectivity index (χ1v) is 6.84. The molecule has 0 unspecified atom stereocenters. The summed E-state index contributed by atoms with van der Waals surface area (Å²) in [5.74, 6) is 0.00371. The molecule has 5 nitrogen and oxygen atoms in total. The number of nitro benzene ring substituents is 1. The van der Waals surface area contributed by atoms with Gasteiger partial charge in [-0.1, -0.05) is 12.1 Å². The number of hydrogen-bond donors (Lipinski definition) is 0. The lowest BCUT2D eigenvalue weighted by molar-refractivity contribution is -0.383. The lowest BCUT2D eigenvalue weighted by Crippen LogP contribution is -2.07. The van der Waals surface area contributed by atoms with Crippen LogP contribution in [0.25, 0.3) is 10.9 Å². The van der Waals surface area contributed by atoms with Crippen molar-refractivity contribution in [2.45, 2.75) is 6.54 Å². The van der Waals surface area contributed by atoms with Crippen LogP contribution in [-0.4, -0.2) is 15.3 Å². The molecule has 0 spiro atoms. The molecule has 0 saturated heterocycles. The monoisotopic (exact) mass is 286 g/mol. The average Bonchev–Trinajstić information content (AvgIpc) is 3.08. The summed E-state index contributed by atoms with van der Waals surface area (Å²) in [5.41, 5.74) is 0.758. The molecule has 0 atom stereocenters. The smallest absolute Gasteiger partial charge is 0.278 e. The summed E-state index contributed by atoms with van der Waals surface area (Å²) in [6.07, 6.45) is 1.71. The van der Waals surface area contributed by atoms with Gasteiger partial charge in [-0.05, 0) is 23.6 Å². The standard InChI is InChI=1S/C14H10N2O3S/c17-13(14-5-2-8-20-14)9-15-7-6-10-11(15)3-1-4-12(10)16(18)19/h1-8H,9H2. The van der Waals surface area contributed by atoms with Crippen molar-refractivity contribution < 1.29 is 9.72 Å². The summed E-state index contributed by atoms with van der Waals surface area (Å²) < 4.78 is 1.74. The lowest BCUT2D eigenvalue weighted by Gasteiger charge is -2.03. The van der Waals surface area contributed by atoms with Gasteiger partial charge >= 0.3 is 0 Å². The van der Waals surface area contributed by atoms with Gasteiger partial charge in [-0.25, -0.2) is 0 Å². The molecule has 0 fully saturated rings. The fraction of sp³-hybridized carbons (Fsp3) is 0.0714. The van der Waals surface area contributed by atoms with Crippen LogP contribution in [0, 0.1) is 10.1 Å². The highest BCUT2D eigenvalue weighted by Crippen LogP contribution is 2.26. The molecule has 0 aliphatic rings. The third-order valence-corrected chi connectivity index (χ3v) is 4.01. The molecule has 1 aromatic carbocycles. The number of carbonyl (C=O) groups is 1. The Kier molecular flexibility index (Phi) is 3.08. The molecule has 3 rings (SSSR count). The van der Waals surface area contributed by atoms with Crippen LogP contribution in [-0.2, 0) is 6.54 Å². The van der Waals surface area contributed by atoms with Crippen LogP contribution in [0.5, 0.6) is 0 Å². The molecule has 6 heteroatoms. The fourth-order valence-electron chi connectivity index (χ4n) is 2.17. The number of ketones is 1. The average molecular weight is 286 g/mol. The van der Waals surface area contributed by atoms with Gasteiger partial charge in [0.15, 0.2) is 5.78 Å². The van der Waals surface area contributed by atoms with Gasteiger partial charge in [-0.2, -0.15) is 0 Å². The Labute approximate surface area is 118 Å². The zero-order valence-electron chi connectivity index (χ0n) is 10.4. The van der Waals surface area contributed by atoms with Crippen LogP contribution in [0.2, 0.25) is 0 Å². The van der Waals surface area contributed by atoms with E-state index in [1.54, 1.807) is 35.0 Å². The molecule has 0 amide bonds. The second kappa shape index (κ2) is 4.90. The van der Waals surface area contributed by atoms with Crippen LogP contribution >= 0.6 is 11.3 Å². The first kappa shape index (κ1) is 12.6. The molecule has 0 saturated carbocycles. The normalized spacial score (nSPS) is 10.8. The van der Waals surface area contributed by atoms with E-state index in [-0.39, 0.29) is 18.0 Å². The molecule has 0 N–H and O–H groups in total. The topological polar surface area (TPSA) is 65.1 Å². The molecule has 3 aromatic rings. The van der Waals surface area contributed by atoms with Crippen LogP contribution in [0.15, 0.2) is 48.0 Å². The van der Waals surface area contributed by atoms with Gasteiger partial charge in [0.2, 0.25) is 0 Å². The van der Waals surface area contributed by atoms with Crippen LogP contribution in [0.4, 0.5) is 5.69 Å². The molecular formula is C14H10N2O3S. The zero-order valence-corrected chi connectivity index (χ0v) is 11.2. The summed E-state index contributed by atoms with van der Waals surface area (Å²) in [6, 6.07) is 10.2. The Balaban J connectivity index is 1.99. The predicted molar refractivity (Wildman–Crippen MR) is 77.2 cm³/mol. The van der Waals surface area contributed by atoms with Gasteiger partial charge in [0.25, 0.3) is 5.69 Å².